The van der Waals surface area contributed by atoms with Gasteiger partial charge in [0.1, 0.15) is 5.54 Å². The minimum absolute atomic E-state index is 0.0662. The van der Waals surface area contributed by atoms with E-state index in [0.717, 1.165) is 45.4 Å². The molecule has 3 saturated heterocycles. The first-order chi connectivity index (χ1) is 14.0. The van der Waals surface area contributed by atoms with E-state index in [1.54, 1.807) is 0 Å². The largest absolute Gasteiger partial charge is 0.341 e. The summed E-state index contributed by atoms with van der Waals surface area (Å²) in [5.41, 5.74) is -0.725. The summed E-state index contributed by atoms with van der Waals surface area (Å²) in [7, 11) is 0. The number of likely N-dealkylation sites (tertiary alicyclic amines) is 2. The minimum Gasteiger partial charge on any atom is -0.341 e. The SMILES string of the molecule is CCN1CCC2(CC1)NC(=O)N([C@@H]1CCCN(C(=O)CCC3CCCC3)C1)C2=O. The molecule has 1 N–H and O–H groups in total. The van der Waals surface area contributed by atoms with Gasteiger partial charge in [-0.15, -0.1) is 0 Å². The second-order valence-electron chi connectivity index (χ2n) is 9.45. The smallest absolute Gasteiger partial charge is 0.325 e. The lowest BCUT2D eigenvalue weighted by Crippen LogP contribution is -2.56. The Morgan fingerprint density at radius 2 is 1.79 bits per heavy atom. The molecule has 7 nitrogen and oxygen atoms in total. The van der Waals surface area contributed by atoms with Crippen molar-refractivity contribution < 1.29 is 14.4 Å². The molecule has 1 atom stereocenters. The number of hydrogen-bond acceptors (Lipinski definition) is 4. The molecule has 29 heavy (non-hydrogen) atoms. The second kappa shape index (κ2) is 8.62. The Morgan fingerprint density at radius 1 is 1.07 bits per heavy atom. The van der Waals surface area contributed by atoms with Crippen molar-refractivity contribution in [3.05, 3.63) is 0 Å². The molecule has 7 heteroatoms. The van der Waals surface area contributed by atoms with E-state index < -0.39 is 5.54 Å². The van der Waals surface area contributed by atoms with Gasteiger partial charge >= 0.3 is 6.03 Å². The lowest BCUT2D eigenvalue weighted by molar-refractivity contribution is -0.139. The third-order valence-electron chi connectivity index (χ3n) is 7.71. The highest BCUT2D eigenvalue weighted by molar-refractivity contribution is 6.07. The molecular weight excluding hydrogens is 368 g/mol. The number of hydrogen-bond donors (Lipinski definition) is 1. The van der Waals surface area contributed by atoms with Crippen molar-refractivity contribution in [2.75, 3.05) is 32.7 Å². The lowest BCUT2D eigenvalue weighted by Gasteiger charge is -2.39. The number of piperidine rings is 2. The molecule has 1 aliphatic carbocycles. The van der Waals surface area contributed by atoms with Gasteiger partial charge in [-0.1, -0.05) is 32.6 Å². The number of nitrogens with one attached hydrogen (secondary N) is 1. The molecule has 4 rings (SSSR count). The van der Waals surface area contributed by atoms with Crippen LogP contribution in [0.15, 0.2) is 0 Å². The first-order valence-electron chi connectivity index (χ1n) is 11.7. The highest BCUT2D eigenvalue weighted by Crippen LogP contribution is 2.33. The topological polar surface area (TPSA) is 73.0 Å². The number of imide groups is 1. The minimum atomic E-state index is -0.725. The van der Waals surface area contributed by atoms with Crippen LogP contribution < -0.4 is 5.32 Å². The summed E-state index contributed by atoms with van der Waals surface area (Å²) in [4.78, 5) is 44.5. The molecule has 0 aromatic carbocycles. The van der Waals surface area contributed by atoms with Gasteiger partial charge in [0.25, 0.3) is 5.91 Å². The molecule has 0 aromatic rings. The quantitative estimate of drug-likeness (QED) is 0.714. The fourth-order valence-corrected chi connectivity index (χ4v) is 5.74. The number of carbonyl (C=O) groups excluding carboxylic acids is 3. The van der Waals surface area contributed by atoms with Gasteiger partial charge < -0.3 is 15.1 Å². The Labute approximate surface area is 174 Å². The summed E-state index contributed by atoms with van der Waals surface area (Å²) in [6, 6.07) is -0.444. The zero-order valence-corrected chi connectivity index (χ0v) is 17.8. The fourth-order valence-electron chi connectivity index (χ4n) is 5.74. The van der Waals surface area contributed by atoms with Crippen molar-refractivity contribution in [1.29, 1.82) is 0 Å². The molecule has 162 valence electrons. The predicted molar refractivity (Wildman–Crippen MR) is 110 cm³/mol. The number of urea groups is 1. The van der Waals surface area contributed by atoms with Crippen molar-refractivity contribution in [2.24, 2.45) is 5.92 Å². The van der Waals surface area contributed by atoms with E-state index in [4.69, 9.17) is 0 Å². The Hall–Kier alpha value is -1.63. The number of nitrogens with zero attached hydrogens (tertiary/aromatic N) is 3. The van der Waals surface area contributed by atoms with Crippen LogP contribution >= 0.6 is 0 Å². The van der Waals surface area contributed by atoms with Crippen LogP contribution in [0.2, 0.25) is 0 Å². The van der Waals surface area contributed by atoms with E-state index >= 15 is 0 Å². The molecule has 4 fully saturated rings. The van der Waals surface area contributed by atoms with Crippen LogP contribution in [0.5, 0.6) is 0 Å². The van der Waals surface area contributed by atoms with Gasteiger partial charge in [0.2, 0.25) is 5.91 Å². The number of rotatable bonds is 5. The van der Waals surface area contributed by atoms with Crippen LogP contribution in [0.25, 0.3) is 0 Å². The zero-order valence-electron chi connectivity index (χ0n) is 17.8. The summed E-state index contributed by atoms with van der Waals surface area (Å²) >= 11 is 0. The molecule has 0 unspecified atom stereocenters. The summed E-state index contributed by atoms with van der Waals surface area (Å²) in [5.74, 6) is 0.836. The van der Waals surface area contributed by atoms with E-state index in [2.05, 4.69) is 17.1 Å². The maximum atomic E-state index is 13.3. The molecule has 4 amide bonds. The number of carbonyl (C=O) groups is 3. The number of amides is 4. The van der Waals surface area contributed by atoms with Crippen LogP contribution in [0.3, 0.4) is 0 Å². The third-order valence-corrected chi connectivity index (χ3v) is 7.71. The predicted octanol–water partition coefficient (Wildman–Crippen LogP) is 2.35. The Bertz CT molecular complexity index is 638. The first kappa shape index (κ1) is 20.6. The van der Waals surface area contributed by atoms with Crippen molar-refractivity contribution in [2.45, 2.75) is 82.7 Å². The molecule has 0 radical (unpaired) electrons. The Morgan fingerprint density at radius 3 is 2.48 bits per heavy atom. The second-order valence-corrected chi connectivity index (χ2v) is 9.45. The molecule has 4 aliphatic rings. The van der Waals surface area contributed by atoms with Gasteiger partial charge in [-0.25, -0.2) is 4.79 Å². The molecule has 0 aromatic heterocycles. The average Bonchev–Trinajstić information content (AvgIpc) is 3.34. The Kier molecular flexibility index (Phi) is 6.13. The van der Waals surface area contributed by atoms with E-state index in [9.17, 15) is 14.4 Å². The maximum absolute atomic E-state index is 13.3. The Balaban J connectivity index is 1.35. The summed E-state index contributed by atoms with van der Waals surface area (Å²) in [6.07, 6.45) is 9.72. The van der Waals surface area contributed by atoms with Crippen LogP contribution in [0.1, 0.15) is 71.1 Å². The van der Waals surface area contributed by atoms with Crippen molar-refractivity contribution in [3.63, 3.8) is 0 Å². The molecule has 3 heterocycles. The molecule has 0 bridgehead atoms. The molecule has 1 saturated carbocycles. The highest BCUT2D eigenvalue weighted by atomic mass is 16.2. The van der Waals surface area contributed by atoms with Gasteiger partial charge in [-0.3, -0.25) is 14.5 Å². The average molecular weight is 405 g/mol. The lowest BCUT2D eigenvalue weighted by atomic mass is 9.87. The standard InChI is InChI=1S/C22H36N4O3/c1-2-24-14-11-22(12-15-24)20(28)26(21(29)23-22)18-8-5-13-25(16-18)19(27)10-9-17-6-3-4-7-17/h17-18H,2-16H2,1H3,(H,23,29)/t18-/m1/s1. The van der Waals surface area contributed by atoms with Crippen LogP contribution in [-0.2, 0) is 9.59 Å². The molecule has 3 aliphatic heterocycles. The summed E-state index contributed by atoms with van der Waals surface area (Å²) in [5, 5.41) is 3.02. The van der Waals surface area contributed by atoms with Gasteiger partial charge in [0.15, 0.2) is 0 Å². The summed E-state index contributed by atoms with van der Waals surface area (Å²) in [6.45, 7) is 6.03. The molecule has 1 spiro atoms. The monoisotopic (exact) mass is 404 g/mol. The van der Waals surface area contributed by atoms with Crippen molar-refractivity contribution in [3.8, 4) is 0 Å². The molecular formula is C22H36N4O3. The van der Waals surface area contributed by atoms with Crippen LogP contribution in [0, 0.1) is 5.92 Å². The van der Waals surface area contributed by atoms with Gasteiger partial charge in [-0.2, -0.15) is 0 Å². The van der Waals surface area contributed by atoms with Gasteiger partial charge in [0.05, 0.1) is 6.04 Å². The zero-order chi connectivity index (χ0) is 20.4. The highest BCUT2D eigenvalue weighted by Gasteiger charge is 2.54. The normalized spacial score (nSPS) is 28.4. The first-order valence-corrected chi connectivity index (χ1v) is 11.7. The van der Waals surface area contributed by atoms with E-state index in [1.165, 1.54) is 30.6 Å². The van der Waals surface area contributed by atoms with E-state index in [1.807, 2.05) is 4.90 Å². The van der Waals surface area contributed by atoms with Crippen molar-refractivity contribution >= 4 is 17.8 Å². The maximum Gasteiger partial charge on any atom is 0.325 e. The fraction of sp³-hybridized carbons (Fsp3) is 0.864. The summed E-state index contributed by atoms with van der Waals surface area (Å²) < 4.78 is 0. The van der Waals surface area contributed by atoms with Gasteiger partial charge in [0, 0.05) is 32.6 Å². The van der Waals surface area contributed by atoms with Gasteiger partial charge in [-0.05, 0) is 44.6 Å². The van der Waals surface area contributed by atoms with Crippen molar-refractivity contribution in [1.82, 2.24) is 20.0 Å². The van der Waals surface area contributed by atoms with E-state index in [-0.39, 0.29) is 23.9 Å². The van der Waals surface area contributed by atoms with E-state index in [0.29, 0.717) is 31.7 Å². The van der Waals surface area contributed by atoms with Crippen LogP contribution in [0.4, 0.5) is 4.79 Å². The van der Waals surface area contributed by atoms with Crippen LogP contribution in [-0.4, -0.2) is 76.8 Å². The third kappa shape index (κ3) is 4.16.